The fraction of sp³-hybridized carbons (Fsp3) is 0.143. The summed E-state index contributed by atoms with van der Waals surface area (Å²) in [5, 5.41) is 19.9. The van der Waals surface area contributed by atoms with Crippen LogP contribution in [0.2, 0.25) is 0 Å². The minimum atomic E-state index is -0.906. The summed E-state index contributed by atoms with van der Waals surface area (Å²) in [6.45, 7) is 1.89. The predicted molar refractivity (Wildman–Crippen MR) is 67.8 cm³/mol. The topological polar surface area (TPSA) is 66.5 Å². The molecule has 0 spiro atoms. The molecule has 0 aliphatic carbocycles. The Hall–Kier alpha value is -2.00. The molecule has 0 heterocycles. The van der Waals surface area contributed by atoms with Crippen molar-refractivity contribution in [2.75, 3.05) is 5.73 Å². The smallest absolute Gasteiger partial charge is 0.121 e. The number of rotatable bonds is 2. The van der Waals surface area contributed by atoms with Crippen molar-refractivity contribution in [1.29, 1.82) is 0 Å². The van der Waals surface area contributed by atoms with E-state index >= 15 is 0 Å². The molecule has 0 aliphatic heterocycles. The lowest BCUT2D eigenvalue weighted by atomic mass is 9.97. The van der Waals surface area contributed by atoms with Crippen molar-refractivity contribution in [1.82, 2.24) is 0 Å². The molecule has 0 aliphatic rings. The third kappa shape index (κ3) is 2.10. The van der Waals surface area contributed by atoms with Crippen molar-refractivity contribution in [3.05, 3.63) is 59.2 Å². The van der Waals surface area contributed by atoms with E-state index in [0.29, 0.717) is 16.8 Å². The molecular formula is C14H15NO2. The van der Waals surface area contributed by atoms with Gasteiger partial charge in [-0.15, -0.1) is 0 Å². The number of nitrogens with two attached hydrogens (primary N) is 1. The number of phenols is 1. The number of anilines is 1. The van der Waals surface area contributed by atoms with Crippen LogP contribution < -0.4 is 5.73 Å². The van der Waals surface area contributed by atoms with E-state index in [1.165, 1.54) is 0 Å². The lowest BCUT2D eigenvalue weighted by Gasteiger charge is -2.16. The highest BCUT2D eigenvalue weighted by Gasteiger charge is 2.16. The quantitative estimate of drug-likeness (QED) is 0.692. The van der Waals surface area contributed by atoms with Gasteiger partial charge in [0.1, 0.15) is 11.9 Å². The van der Waals surface area contributed by atoms with Gasteiger partial charge >= 0.3 is 0 Å². The van der Waals surface area contributed by atoms with Crippen molar-refractivity contribution >= 4 is 5.69 Å². The van der Waals surface area contributed by atoms with Crippen LogP contribution in [-0.2, 0) is 0 Å². The third-order valence-corrected chi connectivity index (χ3v) is 2.88. The highest BCUT2D eigenvalue weighted by atomic mass is 16.3. The monoisotopic (exact) mass is 229 g/mol. The van der Waals surface area contributed by atoms with Gasteiger partial charge in [0.15, 0.2) is 0 Å². The zero-order valence-electron chi connectivity index (χ0n) is 9.59. The summed E-state index contributed by atoms with van der Waals surface area (Å²) in [5.41, 5.74) is 8.48. The van der Waals surface area contributed by atoms with Crippen LogP contribution in [-0.4, -0.2) is 10.2 Å². The molecule has 0 bridgehead atoms. The maximum atomic E-state index is 10.2. The van der Waals surface area contributed by atoms with Gasteiger partial charge in [-0.3, -0.25) is 0 Å². The summed E-state index contributed by atoms with van der Waals surface area (Å²) in [4.78, 5) is 0. The second kappa shape index (κ2) is 4.47. The van der Waals surface area contributed by atoms with Crippen molar-refractivity contribution in [3.63, 3.8) is 0 Å². The van der Waals surface area contributed by atoms with Gasteiger partial charge in [-0.1, -0.05) is 36.4 Å². The number of benzene rings is 2. The number of aliphatic hydroxyl groups excluding tert-OH is 1. The van der Waals surface area contributed by atoms with E-state index in [1.54, 1.807) is 30.3 Å². The van der Waals surface area contributed by atoms with E-state index in [4.69, 9.17) is 5.73 Å². The summed E-state index contributed by atoms with van der Waals surface area (Å²) < 4.78 is 0. The first kappa shape index (κ1) is 11.5. The van der Waals surface area contributed by atoms with Crippen molar-refractivity contribution in [3.8, 4) is 5.75 Å². The second-order valence-electron chi connectivity index (χ2n) is 4.04. The Bertz CT molecular complexity index is 537. The van der Waals surface area contributed by atoms with E-state index in [-0.39, 0.29) is 5.75 Å². The summed E-state index contributed by atoms with van der Waals surface area (Å²) in [7, 11) is 0. The van der Waals surface area contributed by atoms with E-state index < -0.39 is 6.10 Å². The van der Waals surface area contributed by atoms with Crippen LogP contribution >= 0.6 is 0 Å². The molecule has 3 nitrogen and oxygen atoms in total. The molecule has 17 heavy (non-hydrogen) atoms. The predicted octanol–water partition coefficient (Wildman–Crippen LogP) is 2.36. The minimum Gasteiger partial charge on any atom is -0.508 e. The highest BCUT2D eigenvalue weighted by Crippen LogP contribution is 2.32. The van der Waals surface area contributed by atoms with Crippen LogP contribution in [0.5, 0.6) is 5.75 Å². The molecule has 2 aromatic carbocycles. The molecule has 88 valence electrons. The number of nitrogen functional groups attached to an aromatic ring is 1. The molecule has 0 aromatic heterocycles. The van der Waals surface area contributed by atoms with Crippen molar-refractivity contribution < 1.29 is 10.2 Å². The van der Waals surface area contributed by atoms with Crippen molar-refractivity contribution in [2.24, 2.45) is 0 Å². The Morgan fingerprint density at radius 2 is 1.65 bits per heavy atom. The average molecular weight is 229 g/mol. The normalized spacial score (nSPS) is 12.4. The number of hydrogen-bond acceptors (Lipinski definition) is 3. The van der Waals surface area contributed by atoms with Crippen molar-refractivity contribution in [2.45, 2.75) is 13.0 Å². The van der Waals surface area contributed by atoms with Gasteiger partial charge in [-0.2, -0.15) is 0 Å². The first-order chi connectivity index (χ1) is 8.11. The van der Waals surface area contributed by atoms with Crippen LogP contribution in [0.3, 0.4) is 0 Å². The maximum absolute atomic E-state index is 10.2. The second-order valence-corrected chi connectivity index (χ2v) is 4.04. The van der Waals surface area contributed by atoms with E-state index in [1.807, 2.05) is 19.1 Å². The van der Waals surface area contributed by atoms with Gasteiger partial charge in [-0.25, -0.2) is 0 Å². The van der Waals surface area contributed by atoms with Gasteiger partial charge in [0, 0.05) is 16.8 Å². The first-order valence-corrected chi connectivity index (χ1v) is 5.42. The third-order valence-electron chi connectivity index (χ3n) is 2.88. The molecule has 3 heteroatoms. The molecule has 1 unspecified atom stereocenters. The largest absolute Gasteiger partial charge is 0.508 e. The number of phenolic OH excluding ortho intramolecular Hbond substituents is 1. The fourth-order valence-corrected chi connectivity index (χ4v) is 1.83. The average Bonchev–Trinajstić information content (AvgIpc) is 2.32. The van der Waals surface area contributed by atoms with Crippen LogP contribution in [0, 0.1) is 6.92 Å². The zero-order chi connectivity index (χ0) is 12.4. The van der Waals surface area contributed by atoms with Gasteiger partial charge in [0.2, 0.25) is 0 Å². The molecular weight excluding hydrogens is 214 g/mol. The Morgan fingerprint density at radius 3 is 2.35 bits per heavy atom. The Labute approximate surface area is 100 Å². The van der Waals surface area contributed by atoms with Gasteiger partial charge in [0.05, 0.1) is 0 Å². The Balaban J connectivity index is 2.48. The number of para-hydroxylation sites is 2. The summed E-state index contributed by atoms with van der Waals surface area (Å²) in [6, 6.07) is 12.2. The number of aryl methyl sites for hydroxylation is 1. The van der Waals surface area contributed by atoms with Crippen LogP contribution in [0.4, 0.5) is 5.69 Å². The fourth-order valence-electron chi connectivity index (χ4n) is 1.83. The minimum absolute atomic E-state index is 0.0703. The van der Waals surface area contributed by atoms with Gasteiger partial charge < -0.3 is 15.9 Å². The molecule has 0 saturated heterocycles. The Kier molecular flexibility index (Phi) is 3.02. The molecule has 2 rings (SSSR count). The molecule has 4 N–H and O–H groups in total. The number of aliphatic hydroxyl groups is 1. The summed E-state index contributed by atoms with van der Waals surface area (Å²) in [6.07, 6.45) is -0.906. The van der Waals surface area contributed by atoms with Crippen LogP contribution in [0.25, 0.3) is 0 Å². The first-order valence-electron chi connectivity index (χ1n) is 5.42. The number of aromatic hydroxyl groups is 1. The molecule has 0 amide bonds. The van der Waals surface area contributed by atoms with E-state index in [2.05, 4.69) is 0 Å². The Morgan fingerprint density at radius 1 is 1.00 bits per heavy atom. The van der Waals surface area contributed by atoms with Crippen LogP contribution in [0.1, 0.15) is 22.8 Å². The molecule has 0 fully saturated rings. The molecule has 1 atom stereocenters. The lowest BCUT2D eigenvalue weighted by molar-refractivity contribution is 0.216. The molecule has 2 aromatic rings. The highest BCUT2D eigenvalue weighted by molar-refractivity contribution is 5.56. The van der Waals surface area contributed by atoms with Gasteiger partial charge in [0.25, 0.3) is 0 Å². The maximum Gasteiger partial charge on any atom is 0.121 e. The standard InChI is InChI=1S/C14H15NO2/c1-9-5-4-7-11(13(9)15)14(17)10-6-2-3-8-12(10)16/h2-8,14,16-17H,15H2,1H3. The SMILES string of the molecule is Cc1cccc(C(O)c2ccccc2O)c1N. The molecule has 0 radical (unpaired) electrons. The summed E-state index contributed by atoms with van der Waals surface area (Å²) in [5.74, 6) is 0.0703. The molecule has 0 saturated carbocycles. The lowest BCUT2D eigenvalue weighted by Crippen LogP contribution is -2.05. The van der Waals surface area contributed by atoms with Crippen LogP contribution in [0.15, 0.2) is 42.5 Å². The zero-order valence-corrected chi connectivity index (χ0v) is 9.59. The summed E-state index contributed by atoms with van der Waals surface area (Å²) >= 11 is 0. The van der Waals surface area contributed by atoms with Gasteiger partial charge in [-0.05, 0) is 18.6 Å². The van der Waals surface area contributed by atoms with E-state index in [9.17, 15) is 10.2 Å². The van der Waals surface area contributed by atoms with E-state index in [0.717, 1.165) is 5.56 Å². The number of hydrogen-bond donors (Lipinski definition) is 3.